The van der Waals surface area contributed by atoms with E-state index >= 15 is 0 Å². The molecular formula is C27H30O14. The first-order chi connectivity index (χ1) is 19.6. The smallest absolute Gasteiger partial charge is 0.229 e. The number of rotatable bonds is 7. The van der Waals surface area contributed by atoms with Gasteiger partial charge in [-0.1, -0.05) is 6.07 Å². The number of aliphatic hydroxyl groups is 6. The first-order valence-electron chi connectivity index (χ1n) is 12.7. The average Bonchev–Trinajstić information content (AvgIpc) is 2.97. The fraction of sp³-hybridized carbons (Fsp3) is 0.444. The van der Waals surface area contributed by atoms with E-state index in [1.54, 1.807) is 6.07 Å². The molecule has 0 bridgehead atoms. The van der Waals surface area contributed by atoms with Gasteiger partial charge in [-0.25, -0.2) is 0 Å². The number of aromatic hydroxyl groups is 1. The van der Waals surface area contributed by atoms with Crippen LogP contribution in [-0.4, -0.2) is 111 Å². The van der Waals surface area contributed by atoms with Crippen LogP contribution in [0.5, 0.6) is 17.2 Å². The van der Waals surface area contributed by atoms with E-state index in [4.69, 9.17) is 28.1 Å². The molecule has 5 rings (SSSR count). The van der Waals surface area contributed by atoms with Crippen LogP contribution in [0.3, 0.4) is 0 Å². The first kappa shape index (κ1) is 29.2. The lowest BCUT2D eigenvalue weighted by atomic mass is 9.99. The molecule has 9 atom stereocenters. The van der Waals surface area contributed by atoms with E-state index in [-0.39, 0.29) is 45.8 Å². The SMILES string of the molecule is COc1cc(-c2coc3cc(OC4OC(COC5OCC(O)C(O)C5O)C(O)C(O)C4O)ccc3c2=O)ccc1O. The zero-order chi connectivity index (χ0) is 29.4. The summed E-state index contributed by atoms with van der Waals surface area (Å²) in [6, 6.07) is 8.70. The molecule has 2 aliphatic heterocycles. The highest BCUT2D eigenvalue weighted by molar-refractivity contribution is 5.83. The molecule has 14 nitrogen and oxygen atoms in total. The summed E-state index contributed by atoms with van der Waals surface area (Å²) in [5.41, 5.74) is 0.480. The Morgan fingerprint density at radius 1 is 0.902 bits per heavy atom. The predicted molar refractivity (Wildman–Crippen MR) is 137 cm³/mol. The van der Waals surface area contributed by atoms with Gasteiger partial charge in [0.15, 0.2) is 23.2 Å². The Bertz CT molecular complexity index is 1420. The van der Waals surface area contributed by atoms with Gasteiger partial charge in [0.05, 0.1) is 31.3 Å². The molecular weight excluding hydrogens is 548 g/mol. The first-order valence-corrected chi connectivity index (χ1v) is 12.7. The van der Waals surface area contributed by atoms with Crippen molar-refractivity contribution < 1.29 is 63.8 Å². The van der Waals surface area contributed by atoms with Crippen LogP contribution in [0.4, 0.5) is 0 Å². The summed E-state index contributed by atoms with van der Waals surface area (Å²) in [7, 11) is 1.39. The van der Waals surface area contributed by atoms with Crippen molar-refractivity contribution in [2.75, 3.05) is 20.3 Å². The molecule has 2 saturated heterocycles. The van der Waals surface area contributed by atoms with Crippen molar-refractivity contribution in [3.63, 3.8) is 0 Å². The number of fused-ring (bicyclic) bond motifs is 1. The van der Waals surface area contributed by atoms with E-state index in [1.165, 1.54) is 43.7 Å². The van der Waals surface area contributed by atoms with E-state index in [0.29, 0.717) is 5.56 Å². The van der Waals surface area contributed by atoms with Gasteiger partial charge in [0.2, 0.25) is 6.29 Å². The lowest BCUT2D eigenvalue weighted by Gasteiger charge is -2.41. The van der Waals surface area contributed by atoms with Crippen molar-refractivity contribution >= 4 is 11.0 Å². The van der Waals surface area contributed by atoms with Gasteiger partial charge in [-0.3, -0.25) is 4.79 Å². The van der Waals surface area contributed by atoms with Crippen molar-refractivity contribution in [3.05, 3.63) is 52.9 Å². The summed E-state index contributed by atoms with van der Waals surface area (Å²) in [5, 5.41) is 70.7. The summed E-state index contributed by atoms with van der Waals surface area (Å²) in [4.78, 5) is 13.2. The lowest BCUT2D eigenvalue weighted by molar-refractivity contribution is -0.307. The molecule has 0 radical (unpaired) electrons. The summed E-state index contributed by atoms with van der Waals surface area (Å²) in [6.07, 6.45) is -12.2. The zero-order valence-corrected chi connectivity index (χ0v) is 21.6. The number of phenols is 1. The maximum Gasteiger partial charge on any atom is 0.229 e. The number of phenolic OH excluding ortho intramolecular Hbond substituents is 1. The number of hydrogen-bond acceptors (Lipinski definition) is 14. The van der Waals surface area contributed by atoms with E-state index in [2.05, 4.69) is 0 Å². The number of methoxy groups -OCH3 is 1. The van der Waals surface area contributed by atoms with Gasteiger partial charge in [-0.05, 0) is 29.8 Å². The lowest BCUT2D eigenvalue weighted by Crippen LogP contribution is -2.61. The number of ether oxygens (including phenoxy) is 5. The van der Waals surface area contributed by atoms with Gasteiger partial charge in [-0.15, -0.1) is 0 Å². The molecule has 2 aliphatic rings. The van der Waals surface area contributed by atoms with Gasteiger partial charge in [0.25, 0.3) is 0 Å². The number of benzene rings is 2. The molecule has 3 heterocycles. The van der Waals surface area contributed by atoms with E-state index in [0.717, 1.165) is 0 Å². The third-order valence-electron chi connectivity index (χ3n) is 7.04. The summed E-state index contributed by atoms with van der Waals surface area (Å²) in [5.74, 6) is 0.210. The van der Waals surface area contributed by atoms with Gasteiger partial charge in [-0.2, -0.15) is 0 Å². The second-order valence-electron chi connectivity index (χ2n) is 9.74. The molecule has 7 N–H and O–H groups in total. The van der Waals surface area contributed by atoms with Crippen LogP contribution < -0.4 is 14.9 Å². The van der Waals surface area contributed by atoms with Crippen LogP contribution in [0, 0.1) is 0 Å². The minimum atomic E-state index is -1.70. The molecule has 2 aromatic carbocycles. The molecule has 0 saturated carbocycles. The molecule has 0 aliphatic carbocycles. The van der Waals surface area contributed by atoms with Crippen LogP contribution >= 0.6 is 0 Å². The van der Waals surface area contributed by atoms with Crippen molar-refractivity contribution in [2.24, 2.45) is 0 Å². The Hall–Kier alpha value is -3.31. The van der Waals surface area contributed by atoms with Crippen LogP contribution in [0.1, 0.15) is 0 Å². The third kappa shape index (κ3) is 5.74. The van der Waals surface area contributed by atoms with Gasteiger partial charge in [0.1, 0.15) is 60.3 Å². The average molecular weight is 579 g/mol. The second-order valence-corrected chi connectivity index (χ2v) is 9.74. The van der Waals surface area contributed by atoms with Crippen LogP contribution in [0.2, 0.25) is 0 Å². The Labute approximate surface area is 232 Å². The molecule has 3 aromatic rings. The molecule has 14 heteroatoms. The van der Waals surface area contributed by atoms with Crippen molar-refractivity contribution in [2.45, 2.75) is 55.3 Å². The van der Waals surface area contributed by atoms with Crippen LogP contribution in [0.15, 0.2) is 51.9 Å². The van der Waals surface area contributed by atoms with E-state index in [9.17, 15) is 40.5 Å². The maximum atomic E-state index is 13.2. The standard InChI is InChI=1S/C27H30O14/c1-36-18-6-11(2-5-15(18)28)14-8-37-17-7-12(3-4-13(17)20(14)30)40-27-25(35)23(33)22(32)19(41-27)10-39-26-24(34)21(31)16(29)9-38-26/h2-8,16,19,21-29,31-35H,9-10H2,1H3. The number of aliphatic hydroxyl groups excluding tert-OH is 6. The Balaban J connectivity index is 1.31. The second kappa shape index (κ2) is 11.9. The molecule has 41 heavy (non-hydrogen) atoms. The number of hydrogen-bond donors (Lipinski definition) is 7. The van der Waals surface area contributed by atoms with Gasteiger partial charge < -0.3 is 63.8 Å². The molecule has 9 unspecified atom stereocenters. The monoisotopic (exact) mass is 578 g/mol. The highest BCUT2D eigenvalue weighted by Gasteiger charge is 2.46. The quantitative estimate of drug-likeness (QED) is 0.176. The van der Waals surface area contributed by atoms with E-state index < -0.39 is 61.9 Å². The fourth-order valence-corrected chi connectivity index (χ4v) is 4.63. The minimum absolute atomic E-state index is 0.0830. The molecule has 0 amide bonds. The molecule has 0 spiro atoms. The van der Waals surface area contributed by atoms with Gasteiger partial charge >= 0.3 is 0 Å². The summed E-state index contributed by atoms with van der Waals surface area (Å²) in [6.45, 7) is -0.737. The Morgan fingerprint density at radius 3 is 2.41 bits per heavy atom. The third-order valence-corrected chi connectivity index (χ3v) is 7.04. The molecule has 2 fully saturated rings. The molecule has 222 valence electrons. The molecule has 1 aromatic heterocycles. The largest absolute Gasteiger partial charge is 0.504 e. The van der Waals surface area contributed by atoms with Crippen LogP contribution in [-0.2, 0) is 14.2 Å². The highest BCUT2D eigenvalue weighted by Crippen LogP contribution is 2.32. The summed E-state index contributed by atoms with van der Waals surface area (Å²) < 4.78 is 32.6. The predicted octanol–water partition coefficient (Wildman–Crippen LogP) is -1.18. The van der Waals surface area contributed by atoms with Crippen LogP contribution in [0.25, 0.3) is 22.1 Å². The van der Waals surface area contributed by atoms with Crippen molar-refractivity contribution in [1.29, 1.82) is 0 Å². The minimum Gasteiger partial charge on any atom is -0.504 e. The highest BCUT2D eigenvalue weighted by atomic mass is 16.7. The zero-order valence-electron chi connectivity index (χ0n) is 21.6. The maximum absolute atomic E-state index is 13.2. The summed E-state index contributed by atoms with van der Waals surface area (Å²) >= 11 is 0. The fourth-order valence-electron chi connectivity index (χ4n) is 4.63. The Kier molecular flexibility index (Phi) is 8.47. The normalized spacial score (nSPS) is 32.1. The van der Waals surface area contributed by atoms with Crippen molar-refractivity contribution in [3.8, 4) is 28.4 Å². The van der Waals surface area contributed by atoms with E-state index in [1.807, 2.05) is 0 Å². The van der Waals surface area contributed by atoms with Crippen molar-refractivity contribution in [1.82, 2.24) is 0 Å². The Morgan fingerprint density at radius 2 is 1.66 bits per heavy atom. The van der Waals surface area contributed by atoms with Gasteiger partial charge in [0, 0.05) is 6.07 Å². The topological polar surface area (TPSA) is 218 Å².